The van der Waals surface area contributed by atoms with Gasteiger partial charge in [0.1, 0.15) is 0 Å². The first kappa shape index (κ1) is 15.3. The second-order valence-corrected chi connectivity index (χ2v) is 6.48. The molecule has 114 valence electrons. The number of hydrogen-bond acceptors (Lipinski definition) is 3. The molecule has 5 nitrogen and oxygen atoms in total. The number of hydrogen-bond donors (Lipinski definition) is 2. The Morgan fingerprint density at radius 1 is 1.15 bits per heavy atom. The van der Waals surface area contributed by atoms with Gasteiger partial charge < -0.3 is 16.4 Å². The lowest BCUT2D eigenvalue weighted by molar-refractivity contribution is -0.138. The third-order valence-electron chi connectivity index (χ3n) is 5.01. The molecule has 1 saturated heterocycles. The largest absolute Gasteiger partial charge is 0.369 e. The van der Waals surface area contributed by atoms with Crippen LogP contribution in [0.3, 0.4) is 0 Å². The van der Waals surface area contributed by atoms with Crippen LogP contribution >= 0.6 is 0 Å². The summed E-state index contributed by atoms with van der Waals surface area (Å²) in [5, 5.41) is 0. The van der Waals surface area contributed by atoms with Crippen LogP contribution < -0.4 is 11.5 Å². The molecule has 1 saturated carbocycles. The van der Waals surface area contributed by atoms with Crippen LogP contribution in [0, 0.1) is 11.8 Å². The summed E-state index contributed by atoms with van der Waals surface area (Å²) in [6.07, 6.45) is 6.60. The molecule has 0 aromatic heterocycles. The van der Waals surface area contributed by atoms with Gasteiger partial charge in [0.15, 0.2) is 0 Å². The molecule has 0 spiro atoms. The molecule has 4 atom stereocenters. The van der Waals surface area contributed by atoms with E-state index in [1.165, 1.54) is 12.8 Å². The molecule has 1 aliphatic carbocycles. The third kappa shape index (κ3) is 3.51. The van der Waals surface area contributed by atoms with Crippen molar-refractivity contribution in [3.8, 4) is 0 Å². The minimum Gasteiger partial charge on any atom is -0.369 e. The zero-order chi connectivity index (χ0) is 14.7. The van der Waals surface area contributed by atoms with E-state index in [-0.39, 0.29) is 29.8 Å². The number of nitrogens with two attached hydrogens (primary N) is 2. The van der Waals surface area contributed by atoms with Crippen molar-refractivity contribution in [3.63, 3.8) is 0 Å². The number of likely N-dealkylation sites (tertiary alicyclic amines) is 1. The van der Waals surface area contributed by atoms with Crippen molar-refractivity contribution in [3.05, 3.63) is 0 Å². The Morgan fingerprint density at radius 2 is 1.85 bits per heavy atom. The summed E-state index contributed by atoms with van der Waals surface area (Å²) < 4.78 is 0. The molecule has 1 heterocycles. The van der Waals surface area contributed by atoms with E-state index >= 15 is 0 Å². The highest BCUT2D eigenvalue weighted by molar-refractivity contribution is 5.80. The zero-order valence-corrected chi connectivity index (χ0v) is 12.4. The highest BCUT2D eigenvalue weighted by Crippen LogP contribution is 2.28. The van der Waals surface area contributed by atoms with E-state index in [0.717, 1.165) is 25.7 Å². The number of piperidine rings is 1. The Kier molecular flexibility index (Phi) is 5.02. The number of carbonyl (C=O) groups is 2. The van der Waals surface area contributed by atoms with Gasteiger partial charge in [-0.15, -0.1) is 0 Å². The van der Waals surface area contributed by atoms with Crippen molar-refractivity contribution in [2.45, 2.75) is 64.0 Å². The SMILES string of the molecule is CC1CCC(C(N)=O)CN1C(=O)CC1CCCCC1N. The van der Waals surface area contributed by atoms with E-state index in [0.29, 0.717) is 18.9 Å². The van der Waals surface area contributed by atoms with Gasteiger partial charge in [0, 0.05) is 25.0 Å². The lowest BCUT2D eigenvalue weighted by Gasteiger charge is -2.38. The first-order valence-electron chi connectivity index (χ1n) is 7.83. The van der Waals surface area contributed by atoms with Crippen LogP contribution in [0.2, 0.25) is 0 Å². The first-order valence-corrected chi connectivity index (χ1v) is 7.83. The highest BCUT2D eigenvalue weighted by Gasteiger charge is 2.33. The van der Waals surface area contributed by atoms with Crippen LogP contribution in [-0.4, -0.2) is 35.3 Å². The van der Waals surface area contributed by atoms with Gasteiger partial charge in [0.25, 0.3) is 0 Å². The second kappa shape index (κ2) is 6.57. The average molecular weight is 281 g/mol. The monoisotopic (exact) mass is 281 g/mol. The molecule has 0 aromatic rings. The molecule has 2 fully saturated rings. The van der Waals surface area contributed by atoms with Crippen molar-refractivity contribution < 1.29 is 9.59 Å². The first-order chi connectivity index (χ1) is 9.49. The molecule has 20 heavy (non-hydrogen) atoms. The smallest absolute Gasteiger partial charge is 0.223 e. The molecule has 2 rings (SSSR count). The number of nitrogens with zero attached hydrogens (tertiary/aromatic N) is 1. The molecule has 4 N–H and O–H groups in total. The lowest BCUT2D eigenvalue weighted by atomic mass is 9.82. The maximum Gasteiger partial charge on any atom is 0.223 e. The van der Waals surface area contributed by atoms with Gasteiger partial charge in [-0.2, -0.15) is 0 Å². The topological polar surface area (TPSA) is 89.4 Å². The number of carbonyl (C=O) groups excluding carboxylic acids is 2. The summed E-state index contributed by atoms with van der Waals surface area (Å²) >= 11 is 0. The number of primary amides is 1. The Labute approximate surface area is 121 Å². The quantitative estimate of drug-likeness (QED) is 0.809. The summed E-state index contributed by atoms with van der Waals surface area (Å²) in [6, 6.07) is 0.359. The van der Waals surface area contributed by atoms with Crippen molar-refractivity contribution in [2.24, 2.45) is 23.3 Å². The molecule has 4 unspecified atom stereocenters. The zero-order valence-electron chi connectivity index (χ0n) is 12.4. The predicted octanol–water partition coefficient (Wildman–Crippen LogP) is 1.01. The third-order valence-corrected chi connectivity index (χ3v) is 5.01. The fraction of sp³-hybridized carbons (Fsp3) is 0.867. The standard InChI is InChI=1S/C15H27N3O2/c1-10-6-7-12(15(17)20)9-18(10)14(19)8-11-4-2-3-5-13(11)16/h10-13H,2-9,16H2,1H3,(H2,17,20). The van der Waals surface area contributed by atoms with Crippen molar-refractivity contribution in [1.29, 1.82) is 0 Å². The van der Waals surface area contributed by atoms with E-state index in [1.54, 1.807) is 0 Å². The molecule has 1 aliphatic heterocycles. The average Bonchev–Trinajstić information content (AvgIpc) is 2.41. The lowest BCUT2D eigenvalue weighted by Crippen LogP contribution is -2.49. The minimum absolute atomic E-state index is 0.144. The summed E-state index contributed by atoms with van der Waals surface area (Å²) in [6.45, 7) is 2.53. The fourth-order valence-corrected chi connectivity index (χ4v) is 3.52. The van der Waals surface area contributed by atoms with Gasteiger partial charge in [0.05, 0.1) is 5.92 Å². The maximum atomic E-state index is 12.5. The molecule has 2 aliphatic rings. The van der Waals surface area contributed by atoms with Gasteiger partial charge in [0.2, 0.25) is 11.8 Å². The summed E-state index contributed by atoms with van der Waals surface area (Å²) in [5.74, 6) is -0.0255. The molecule has 0 bridgehead atoms. The molecule has 2 amide bonds. The van der Waals surface area contributed by atoms with Crippen molar-refractivity contribution in [2.75, 3.05) is 6.54 Å². The summed E-state index contributed by atoms with van der Waals surface area (Å²) in [7, 11) is 0. The van der Waals surface area contributed by atoms with E-state index in [4.69, 9.17) is 11.5 Å². The van der Waals surface area contributed by atoms with Crippen molar-refractivity contribution >= 4 is 11.8 Å². The Hall–Kier alpha value is -1.10. The fourth-order valence-electron chi connectivity index (χ4n) is 3.52. The van der Waals surface area contributed by atoms with Crippen LogP contribution in [-0.2, 0) is 9.59 Å². The molecular weight excluding hydrogens is 254 g/mol. The predicted molar refractivity (Wildman–Crippen MR) is 77.6 cm³/mol. The van der Waals surface area contributed by atoms with Crippen LogP contribution in [0.15, 0.2) is 0 Å². The van der Waals surface area contributed by atoms with E-state index in [1.807, 2.05) is 4.90 Å². The van der Waals surface area contributed by atoms with Gasteiger partial charge >= 0.3 is 0 Å². The second-order valence-electron chi connectivity index (χ2n) is 6.48. The summed E-state index contributed by atoms with van der Waals surface area (Å²) in [5.41, 5.74) is 11.5. The Balaban J connectivity index is 1.94. The van der Waals surface area contributed by atoms with E-state index < -0.39 is 0 Å². The van der Waals surface area contributed by atoms with Gasteiger partial charge in [-0.3, -0.25) is 9.59 Å². The highest BCUT2D eigenvalue weighted by atomic mass is 16.2. The van der Waals surface area contributed by atoms with Crippen LogP contribution in [0.25, 0.3) is 0 Å². The van der Waals surface area contributed by atoms with Crippen LogP contribution in [0.5, 0.6) is 0 Å². The summed E-state index contributed by atoms with van der Waals surface area (Å²) in [4.78, 5) is 25.7. The molecular formula is C15H27N3O2. The van der Waals surface area contributed by atoms with E-state index in [2.05, 4.69) is 6.92 Å². The van der Waals surface area contributed by atoms with Gasteiger partial charge in [-0.25, -0.2) is 0 Å². The normalized spacial score (nSPS) is 34.8. The molecule has 5 heteroatoms. The number of rotatable bonds is 3. The molecule has 0 aromatic carbocycles. The van der Waals surface area contributed by atoms with Crippen LogP contribution in [0.1, 0.15) is 51.9 Å². The van der Waals surface area contributed by atoms with Gasteiger partial charge in [-0.05, 0) is 38.5 Å². The Morgan fingerprint density at radius 3 is 2.50 bits per heavy atom. The maximum absolute atomic E-state index is 12.5. The number of amides is 2. The molecule has 0 radical (unpaired) electrons. The van der Waals surface area contributed by atoms with E-state index in [9.17, 15) is 9.59 Å². The van der Waals surface area contributed by atoms with Crippen molar-refractivity contribution in [1.82, 2.24) is 4.90 Å². The minimum atomic E-state index is -0.288. The van der Waals surface area contributed by atoms with Gasteiger partial charge in [-0.1, -0.05) is 12.8 Å². The Bertz CT molecular complexity index is 372. The van der Waals surface area contributed by atoms with Crippen LogP contribution in [0.4, 0.5) is 0 Å².